The number of para-hydroxylation sites is 1. The maximum atomic E-state index is 5.92. The molecule has 3 fully saturated rings. The van der Waals surface area contributed by atoms with Crippen molar-refractivity contribution in [1.82, 2.24) is 24.9 Å². The molecule has 0 amide bonds. The van der Waals surface area contributed by atoms with E-state index in [0.717, 1.165) is 47.7 Å². The number of imidazole rings is 1. The van der Waals surface area contributed by atoms with Gasteiger partial charge in [-0.2, -0.15) is 15.0 Å². The third-order valence-electron chi connectivity index (χ3n) is 8.48. The predicted molar refractivity (Wildman–Crippen MR) is 153 cm³/mol. The van der Waals surface area contributed by atoms with Crippen molar-refractivity contribution < 1.29 is 4.74 Å². The lowest BCUT2D eigenvalue weighted by molar-refractivity contribution is -0.100. The standard InChI is InChI=1S/C30H36N8O/c1-30(2)21-9-8-20(26(30)16-21)17-33-28-36-27(32-15-14-23-18-31-19-34-23)37-29(38-28)35-22-10-12-25(13-11-22)39-24-6-4-3-5-7-24/h3-7,10-13,18-21,26H,8-9,14-17H2,1-2H3,(H,31,34)(H3,32,33,35,36,37,38)/t20-,21-,26-/m0/s1. The number of nitrogens with zero attached hydrogens (tertiary/aromatic N) is 4. The zero-order chi connectivity index (χ0) is 26.7. The number of anilines is 4. The summed E-state index contributed by atoms with van der Waals surface area (Å²) in [5.41, 5.74) is 2.38. The van der Waals surface area contributed by atoms with Crippen molar-refractivity contribution in [2.24, 2.45) is 23.2 Å². The minimum absolute atomic E-state index is 0.451. The monoisotopic (exact) mass is 524 g/mol. The molecule has 3 aliphatic carbocycles. The van der Waals surface area contributed by atoms with Gasteiger partial charge in [0.15, 0.2) is 0 Å². The van der Waals surface area contributed by atoms with Crippen molar-refractivity contribution in [3.8, 4) is 11.5 Å². The predicted octanol–water partition coefficient (Wildman–Crippen LogP) is 6.27. The van der Waals surface area contributed by atoms with Gasteiger partial charge < -0.3 is 25.7 Å². The molecule has 4 aromatic rings. The number of fused-ring (bicyclic) bond motifs is 2. The van der Waals surface area contributed by atoms with Gasteiger partial charge in [-0.15, -0.1) is 0 Å². The Hall–Kier alpha value is -4.14. The van der Waals surface area contributed by atoms with Crippen molar-refractivity contribution in [2.45, 2.75) is 39.5 Å². The average molecular weight is 525 g/mol. The Morgan fingerprint density at radius 2 is 1.64 bits per heavy atom. The molecule has 0 unspecified atom stereocenters. The fourth-order valence-electron chi connectivity index (χ4n) is 6.11. The molecule has 0 spiro atoms. The van der Waals surface area contributed by atoms with Gasteiger partial charge in [-0.1, -0.05) is 32.0 Å². The molecule has 0 radical (unpaired) electrons. The van der Waals surface area contributed by atoms with Gasteiger partial charge in [-0.05, 0) is 78.8 Å². The molecular formula is C30H36N8O. The average Bonchev–Trinajstić information content (AvgIpc) is 3.47. The van der Waals surface area contributed by atoms with Crippen molar-refractivity contribution in [1.29, 1.82) is 0 Å². The van der Waals surface area contributed by atoms with Crippen LogP contribution in [0, 0.1) is 23.2 Å². The van der Waals surface area contributed by atoms with Crippen LogP contribution < -0.4 is 20.7 Å². The number of aromatic nitrogens is 5. The van der Waals surface area contributed by atoms with Crippen LogP contribution in [0.25, 0.3) is 0 Å². The largest absolute Gasteiger partial charge is 0.457 e. The minimum atomic E-state index is 0.451. The van der Waals surface area contributed by atoms with Gasteiger partial charge in [-0.25, -0.2) is 4.98 Å². The fourth-order valence-corrected chi connectivity index (χ4v) is 6.11. The number of rotatable bonds is 11. The lowest BCUT2D eigenvalue weighted by atomic mass is 9.45. The van der Waals surface area contributed by atoms with Crippen LogP contribution in [0.5, 0.6) is 11.5 Å². The van der Waals surface area contributed by atoms with Crippen molar-refractivity contribution in [3.63, 3.8) is 0 Å². The summed E-state index contributed by atoms with van der Waals surface area (Å²) in [7, 11) is 0. The van der Waals surface area contributed by atoms with E-state index in [-0.39, 0.29) is 0 Å². The van der Waals surface area contributed by atoms with E-state index in [1.165, 1.54) is 19.3 Å². The summed E-state index contributed by atoms with van der Waals surface area (Å²) in [5.74, 6) is 5.48. The molecule has 2 heterocycles. The summed E-state index contributed by atoms with van der Waals surface area (Å²) in [6.45, 7) is 6.42. The first kappa shape index (κ1) is 25.2. The number of aromatic amines is 1. The van der Waals surface area contributed by atoms with E-state index in [4.69, 9.17) is 9.72 Å². The summed E-state index contributed by atoms with van der Waals surface area (Å²) in [6, 6.07) is 17.5. The molecule has 3 aliphatic rings. The Morgan fingerprint density at radius 1 is 0.897 bits per heavy atom. The van der Waals surface area contributed by atoms with Crippen LogP contribution in [0.4, 0.5) is 23.5 Å². The Bertz CT molecular complexity index is 1360. The maximum absolute atomic E-state index is 5.92. The van der Waals surface area contributed by atoms with Crippen molar-refractivity contribution in [3.05, 3.63) is 72.8 Å². The molecule has 2 aromatic heterocycles. The molecule has 3 saturated carbocycles. The van der Waals surface area contributed by atoms with Gasteiger partial charge in [0, 0.05) is 37.1 Å². The number of hydrogen-bond acceptors (Lipinski definition) is 8. The van der Waals surface area contributed by atoms with E-state index in [1.807, 2.05) is 60.8 Å². The molecular weight excluding hydrogens is 488 g/mol. The van der Waals surface area contributed by atoms with Crippen molar-refractivity contribution >= 4 is 23.5 Å². The Labute approximate surface area is 229 Å². The lowest BCUT2D eigenvalue weighted by Crippen LogP contribution is -2.53. The molecule has 0 saturated heterocycles. The van der Waals surface area contributed by atoms with Crippen LogP contribution in [-0.2, 0) is 6.42 Å². The minimum Gasteiger partial charge on any atom is -0.457 e. The van der Waals surface area contributed by atoms with E-state index >= 15 is 0 Å². The summed E-state index contributed by atoms with van der Waals surface area (Å²) in [5, 5.41) is 10.2. The van der Waals surface area contributed by atoms with Gasteiger partial charge in [0.1, 0.15) is 11.5 Å². The normalized spacial score (nSPS) is 21.0. The Balaban J connectivity index is 1.14. The molecule has 4 N–H and O–H groups in total. The summed E-state index contributed by atoms with van der Waals surface area (Å²) >= 11 is 0. The number of benzene rings is 2. The Kier molecular flexibility index (Phi) is 7.04. The second-order valence-corrected chi connectivity index (χ2v) is 11.2. The quantitative estimate of drug-likeness (QED) is 0.182. The third kappa shape index (κ3) is 5.82. The van der Waals surface area contributed by atoms with Crippen LogP contribution in [-0.4, -0.2) is 38.0 Å². The zero-order valence-corrected chi connectivity index (χ0v) is 22.5. The van der Waals surface area contributed by atoms with Gasteiger partial charge in [-0.3, -0.25) is 0 Å². The first-order chi connectivity index (χ1) is 19.0. The third-order valence-corrected chi connectivity index (χ3v) is 8.48. The van der Waals surface area contributed by atoms with Gasteiger partial charge in [0.25, 0.3) is 0 Å². The highest BCUT2D eigenvalue weighted by atomic mass is 16.5. The van der Waals surface area contributed by atoms with Gasteiger partial charge in [0.2, 0.25) is 17.8 Å². The number of hydrogen-bond donors (Lipinski definition) is 4. The summed E-state index contributed by atoms with van der Waals surface area (Å²) in [6.07, 6.45) is 8.26. The molecule has 7 rings (SSSR count). The molecule has 2 bridgehead atoms. The summed E-state index contributed by atoms with van der Waals surface area (Å²) < 4.78 is 5.92. The fraction of sp³-hybridized carbons (Fsp3) is 0.400. The number of nitrogens with one attached hydrogen (secondary N) is 4. The first-order valence-electron chi connectivity index (χ1n) is 13.8. The SMILES string of the molecule is CC1(C)[C@H]2CC[C@@H](CNc3nc(NCCc4cnc[nH]4)nc(Nc4ccc(Oc5ccccc5)cc4)n3)[C@@H]1C2. The highest BCUT2D eigenvalue weighted by Crippen LogP contribution is 2.61. The number of H-pyrrole nitrogens is 1. The molecule has 0 aliphatic heterocycles. The number of ether oxygens (including phenoxy) is 1. The first-order valence-corrected chi connectivity index (χ1v) is 13.8. The zero-order valence-electron chi connectivity index (χ0n) is 22.5. The molecule has 2 aromatic carbocycles. The topological polar surface area (TPSA) is 113 Å². The van der Waals surface area contributed by atoms with E-state index < -0.39 is 0 Å². The lowest BCUT2D eigenvalue weighted by Gasteiger charge is -2.60. The molecule has 9 heteroatoms. The molecule has 9 nitrogen and oxygen atoms in total. The second-order valence-electron chi connectivity index (χ2n) is 11.2. The van der Waals surface area contributed by atoms with Crippen LogP contribution in [0.15, 0.2) is 67.1 Å². The smallest absolute Gasteiger partial charge is 0.233 e. The van der Waals surface area contributed by atoms with E-state index in [0.29, 0.717) is 35.7 Å². The highest BCUT2D eigenvalue weighted by Gasteiger charge is 2.53. The Morgan fingerprint density at radius 3 is 2.36 bits per heavy atom. The molecule has 39 heavy (non-hydrogen) atoms. The van der Waals surface area contributed by atoms with Crippen LogP contribution in [0.2, 0.25) is 0 Å². The summed E-state index contributed by atoms with van der Waals surface area (Å²) in [4.78, 5) is 21.2. The molecule has 3 atom stereocenters. The highest BCUT2D eigenvalue weighted by molar-refractivity contribution is 5.57. The second kappa shape index (κ2) is 10.9. The van der Waals surface area contributed by atoms with Crippen LogP contribution in [0.1, 0.15) is 38.8 Å². The van der Waals surface area contributed by atoms with Crippen molar-refractivity contribution in [2.75, 3.05) is 29.0 Å². The van der Waals surface area contributed by atoms with Crippen LogP contribution >= 0.6 is 0 Å². The van der Waals surface area contributed by atoms with E-state index in [1.54, 1.807) is 6.33 Å². The van der Waals surface area contributed by atoms with Gasteiger partial charge >= 0.3 is 0 Å². The molecule has 202 valence electrons. The van der Waals surface area contributed by atoms with E-state index in [2.05, 4.69) is 49.7 Å². The maximum Gasteiger partial charge on any atom is 0.233 e. The van der Waals surface area contributed by atoms with Gasteiger partial charge in [0.05, 0.1) is 6.33 Å². The van der Waals surface area contributed by atoms with E-state index in [9.17, 15) is 0 Å². The van der Waals surface area contributed by atoms with Crippen LogP contribution in [0.3, 0.4) is 0 Å².